The summed E-state index contributed by atoms with van der Waals surface area (Å²) in [6, 6.07) is 0. The molecule has 0 heterocycles. The zero-order valence-corrected chi connectivity index (χ0v) is 19.8. The molecule has 20 heavy (non-hydrogen) atoms. The molecular formula is C12H33O4PSi3. The van der Waals surface area contributed by atoms with Crippen molar-refractivity contribution < 1.29 is 17.2 Å². The molecule has 0 radical (unpaired) electrons. The molecule has 122 valence electrons. The summed E-state index contributed by atoms with van der Waals surface area (Å²) in [7, 11) is -6.18. The summed E-state index contributed by atoms with van der Waals surface area (Å²) in [4.78, 5) is 0. The standard InChI is InChI=1S/C12H33O4PSi3/c1-10(2,3)18-14-17(13,15-19-11(4,5)6)16-20-12(7,8)9/h18-20H2,1-9H3. The van der Waals surface area contributed by atoms with Gasteiger partial charge < -0.3 is 12.6 Å². The average molecular weight is 357 g/mol. The molecule has 0 amide bonds. The van der Waals surface area contributed by atoms with E-state index >= 15 is 0 Å². The van der Waals surface area contributed by atoms with E-state index in [2.05, 4.69) is 62.3 Å². The molecule has 0 spiro atoms. The van der Waals surface area contributed by atoms with Crippen molar-refractivity contribution in [3.8, 4) is 0 Å². The second-order valence-electron chi connectivity index (χ2n) is 8.95. The highest BCUT2D eigenvalue weighted by Crippen LogP contribution is 2.52. The lowest BCUT2D eigenvalue weighted by atomic mass is 10.3. The largest absolute Gasteiger partial charge is 0.443 e. The topological polar surface area (TPSA) is 44.8 Å². The van der Waals surface area contributed by atoms with Crippen LogP contribution in [0.2, 0.25) is 15.1 Å². The van der Waals surface area contributed by atoms with Gasteiger partial charge in [0.2, 0.25) is 0 Å². The van der Waals surface area contributed by atoms with E-state index < -0.39 is 37.1 Å². The number of hydrogen-bond donors (Lipinski definition) is 0. The maximum absolute atomic E-state index is 12.8. The fourth-order valence-electron chi connectivity index (χ4n) is 0.930. The molecule has 0 unspecified atom stereocenters. The van der Waals surface area contributed by atoms with Crippen LogP contribution in [0.1, 0.15) is 62.3 Å². The molecular weight excluding hydrogens is 323 g/mol. The first-order valence-electron chi connectivity index (χ1n) is 7.16. The summed E-state index contributed by atoms with van der Waals surface area (Å²) < 4.78 is 29.9. The van der Waals surface area contributed by atoms with Gasteiger partial charge in [0.15, 0.2) is 29.3 Å². The predicted octanol–water partition coefficient (Wildman–Crippen LogP) is 3.05. The normalized spacial score (nSPS) is 18.9. The summed E-state index contributed by atoms with van der Waals surface area (Å²) in [6.45, 7) is 18.9. The van der Waals surface area contributed by atoms with Crippen molar-refractivity contribution in [3.63, 3.8) is 0 Å². The minimum Gasteiger partial charge on any atom is -0.338 e. The van der Waals surface area contributed by atoms with Crippen LogP contribution >= 0.6 is 7.82 Å². The Labute approximate surface area is 132 Å². The summed E-state index contributed by atoms with van der Waals surface area (Å²) in [6.07, 6.45) is 0. The van der Waals surface area contributed by atoms with Gasteiger partial charge in [-0.25, -0.2) is 4.57 Å². The minimum atomic E-state index is -3.32. The molecule has 0 N–H and O–H groups in total. The third-order valence-electron chi connectivity index (χ3n) is 1.97. The molecule has 0 fully saturated rings. The Morgan fingerprint density at radius 3 is 0.950 bits per heavy atom. The molecule has 0 aliphatic rings. The zero-order valence-electron chi connectivity index (χ0n) is 14.7. The first-order chi connectivity index (χ1) is 8.62. The molecule has 0 bridgehead atoms. The Bertz CT molecular complexity index is 290. The Morgan fingerprint density at radius 1 is 0.600 bits per heavy atom. The van der Waals surface area contributed by atoms with Gasteiger partial charge >= 0.3 is 7.82 Å². The van der Waals surface area contributed by atoms with Crippen LogP contribution in [-0.4, -0.2) is 29.3 Å². The molecule has 0 rings (SSSR count). The molecule has 0 aliphatic carbocycles. The molecule has 0 aliphatic heterocycles. The van der Waals surface area contributed by atoms with E-state index in [-0.39, 0.29) is 15.1 Å². The van der Waals surface area contributed by atoms with E-state index in [1.165, 1.54) is 0 Å². The smallest absolute Gasteiger partial charge is 0.338 e. The van der Waals surface area contributed by atoms with E-state index in [4.69, 9.17) is 12.6 Å². The third-order valence-corrected chi connectivity index (χ3v) is 9.91. The van der Waals surface area contributed by atoms with Crippen LogP contribution in [0.15, 0.2) is 0 Å². The van der Waals surface area contributed by atoms with E-state index in [1.807, 2.05) is 0 Å². The monoisotopic (exact) mass is 356 g/mol. The molecule has 0 saturated carbocycles. The van der Waals surface area contributed by atoms with Gasteiger partial charge in [-0.05, 0) is 15.1 Å². The minimum absolute atomic E-state index is 0.0783. The van der Waals surface area contributed by atoms with Gasteiger partial charge in [-0.3, -0.25) is 0 Å². The Kier molecular flexibility index (Phi) is 7.63. The van der Waals surface area contributed by atoms with Gasteiger partial charge in [-0.2, -0.15) is 0 Å². The summed E-state index contributed by atoms with van der Waals surface area (Å²) in [5.74, 6) is 0. The Morgan fingerprint density at radius 2 is 0.800 bits per heavy atom. The van der Waals surface area contributed by atoms with E-state index in [0.717, 1.165) is 0 Å². The van der Waals surface area contributed by atoms with Crippen molar-refractivity contribution in [3.05, 3.63) is 0 Å². The summed E-state index contributed by atoms with van der Waals surface area (Å²) in [5, 5.41) is 0.235. The summed E-state index contributed by atoms with van der Waals surface area (Å²) >= 11 is 0. The SMILES string of the molecule is CC(C)(C)[SiH2]OP(=O)(O[SiH2]C(C)(C)C)O[SiH2]C(C)(C)C. The van der Waals surface area contributed by atoms with Crippen molar-refractivity contribution >= 4 is 37.1 Å². The van der Waals surface area contributed by atoms with Crippen LogP contribution < -0.4 is 0 Å². The maximum Gasteiger partial charge on any atom is 0.443 e. The molecule has 0 saturated heterocycles. The Balaban J connectivity index is 4.71. The molecule has 0 aromatic heterocycles. The lowest BCUT2D eigenvalue weighted by molar-refractivity contribution is 0.301. The molecule has 4 nitrogen and oxygen atoms in total. The fraction of sp³-hybridized carbons (Fsp3) is 1.00. The van der Waals surface area contributed by atoms with Gasteiger partial charge in [0, 0.05) is 0 Å². The van der Waals surface area contributed by atoms with Crippen molar-refractivity contribution in [2.45, 2.75) is 77.4 Å². The Hall–Kier alpha value is 0.761. The quantitative estimate of drug-likeness (QED) is 0.542. The van der Waals surface area contributed by atoms with Crippen molar-refractivity contribution in [2.24, 2.45) is 0 Å². The number of hydrogen-bond acceptors (Lipinski definition) is 4. The summed E-state index contributed by atoms with van der Waals surface area (Å²) in [5.41, 5.74) is 0. The number of rotatable bonds is 6. The van der Waals surface area contributed by atoms with E-state index in [0.29, 0.717) is 0 Å². The van der Waals surface area contributed by atoms with E-state index in [1.54, 1.807) is 0 Å². The lowest BCUT2D eigenvalue weighted by Crippen LogP contribution is -2.20. The van der Waals surface area contributed by atoms with Crippen LogP contribution in [0.4, 0.5) is 0 Å². The van der Waals surface area contributed by atoms with Gasteiger partial charge in [0.25, 0.3) is 0 Å². The molecule has 0 aromatic rings. The van der Waals surface area contributed by atoms with Crippen molar-refractivity contribution in [1.82, 2.24) is 0 Å². The fourth-order valence-corrected chi connectivity index (χ4v) is 10.4. The van der Waals surface area contributed by atoms with Gasteiger partial charge in [-0.15, -0.1) is 0 Å². The van der Waals surface area contributed by atoms with Gasteiger partial charge in [-0.1, -0.05) is 62.3 Å². The predicted molar refractivity (Wildman–Crippen MR) is 95.6 cm³/mol. The zero-order chi connectivity index (χ0) is 16.2. The molecule has 8 heteroatoms. The number of phosphoric acid groups is 1. The third kappa shape index (κ3) is 12.5. The van der Waals surface area contributed by atoms with Crippen LogP contribution in [0.5, 0.6) is 0 Å². The van der Waals surface area contributed by atoms with Gasteiger partial charge in [0.1, 0.15) is 0 Å². The maximum atomic E-state index is 12.8. The van der Waals surface area contributed by atoms with Crippen LogP contribution in [-0.2, 0) is 17.2 Å². The lowest BCUT2D eigenvalue weighted by Gasteiger charge is -2.28. The van der Waals surface area contributed by atoms with Crippen LogP contribution in [0, 0.1) is 0 Å². The highest BCUT2D eigenvalue weighted by molar-refractivity contribution is 7.51. The molecule has 0 aromatic carbocycles. The first kappa shape index (κ1) is 20.8. The highest BCUT2D eigenvalue weighted by Gasteiger charge is 2.32. The van der Waals surface area contributed by atoms with Crippen molar-refractivity contribution in [2.75, 3.05) is 0 Å². The highest BCUT2D eigenvalue weighted by atomic mass is 31.2. The second-order valence-corrected chi connectivity index (χ2v) is 20.2. The molecule has 0 atom stereocenters. The average Bonchev–Trinajstić information content (AvgIpc) is 2.18. The van der Waals surface area contributed by atoms with Crippen molar-refractivity contribution in [1.29, 1.82) is 0 Å². The second kappa shape index (κ2) is 7.35. The van der Waals surface area contributed by atoms with Crippen LogP contribution in [0.3, 0.4) is 0 Å². The van der Waals surface area contributed by atoms with Gasteiger partial charge in [0.05, 0.1) is 0 Å². The van der Waals surface area contributed by atoms with E-state index in [9.17, 15) is 4.57 Å². The first-order valence-corrected chi connectivity index (χ1v) is 12.5. The van der Waals surface area contributed by atoms with Crippen LogP contribution in [0.25, 0.3) is 0 Å².